The average molecular weight is 449 g/mol. The van der Waals surface area contributed by atoms with Gasteiger partial charge in [0.15, 0.2) is 4.91 Å². The molecule has 6 heteroatoms. The first kappa shape index (κ1) is 22.7. The van der Waals surface area contributed by atoms with Crippen molar-refractivity contribution in [1.82, 2.24) is 0 Å². The van der Waals surface area contributed by atoms with Gasteiger partial charge in [0, 0.05) is 11.4 Å². The lowest BCUT2D eigenvalue weighted by Gasteiger charge is -2.15. The molecule has 0 saturated heterocycles. The molecule has 0 heterocycles. The Labute approximate surface area is 188 Å². The molecule has 0 radical (unpaired) electrons. The van der Waals surface area contributed by atoms with Gasteiger partial charge in [0.05, 0.1) is 4.90 Å². The van der Waals surface area contributed by atoms with Crippen molar-refractivity contribution < 1.29 is 8.42 Å². The SMILES string of the molecule is Cc1ccc(CS/C(Nc2cc(C)cc(C)c2)=C(/C#N)S(=O)(=O)c2ccccc2)cc1. The summed E-state index contributed by atoms with van der Waals surface area (Å²) in [5.74, 6) is 0.531. The predicted octanol–water partition coefficient (Wildman–Crippen LogP) is 6.12. The van der Waals surface area contributed by atoms with E-state index in [0.717, 1.165) is 27.9 Å². The summed E-state index contributed by atoms with van der Waals surface area (Å²) in [6.07, 6.45) is 0. The largest absolute Gasteiger partial charge is 0.349 e. The number of nitrogens with one attached hydrogen (secondary N) is 1. The summed E-state index contributed by atoms with van der Waals surface area (Å²) in [5.41, 5.74) is 5.05. The van der Waals surface area contributed by atoms with Crippen LogP contribution in [-0.4, -0.2) is 8.42 Å². The highest BCUT2D eigenvalue weighted by atomic mass is 32.2. The second-order valence-electron chi connectivity index (χ2n) is 7.36. The standard InChI is InChI=1S/C25H24N2O2S2/c1-18-9-11-21(12-10-18)17-30-25(27-22-14-19(2)13-20(3)15-22)24(16-26)31(28,29)23-7-5-4-6-8-23/h4-15,27H,17H2,1-3H3/b25-24-. The second kappa shape index (κ2) is 9.86. The van der Waals surface area contributed by atoms with Crippen LogP contribution >= 0.6 is 11.8 Å². The van der Waals surface area contributed by atoms with Gasteiger partial charge in [-0.3, -0.25) is 0 Å². The van der Waals surface area contributed by atoms with Gasteiger partial charge < -0.3 is 5.32 Å². The highest BCUT2D eigenvalue weighted by Crippen LogP contribution is 2.31. The topological polar surface area (TPSA) is 70.0 Å². The Morgan fingerprint density at radius 2 is 1.52 bits per heavy atom. The first-order valence-electron chi connectivity index (χ1n) is 9.78. The van der Waals surface area contributed by atoms with Crippen molar-refractivity contribution in [3.05, 3.63) is 105 Å². The molecule has 0 bridgehead atoms. The monoisotopic (exact) mass is 448 g/mol. The number of hydrogen-bond donors (Lipinski definition) is 1. The first-order chi connectivity index (χ1) is 14.8. The summed E-state index contributed by atoms with van der Waals surface area (Å²) in [5, 5.41) is 13.4. The zero-order chi connectivity index (χ0) is 22.4. The lowest BCUT2D eigenvalue weighted by Crippen LogP contribution is -2.10. The Balaban J connectivity index is 2.05. The molecule has 31 heavy (non-hydrogen) atoms. The Morgan fingerprint density at radius 1 is 0.903 bits per heavy atom. The number of rotatable bonds is 7. The van der Waals surface area contributed by atoms with Gasteiger partial charge in [-0.05, 0) is 61.7 Å². The van der Waals surface area contributed by atoms with Gasteiger partial charge in [-0.2, -0.15) is 5.26 Å². The van der Waals surface area contributed by atoms with Crippen LogP contribution < -0.4 is 5.32 Å². The Morgan fingerprint density at radius 3 is 2.10 bits per heavy atom. The predicted molar refractivity (Wildman–Crippen MR) is 128 cm³/mol. The van der Waals surface area contributed by atoms with Crippen molar-refractivity contribution in [2.24, 2.45) is 0 Å². The number of sulfone groups is 1. The van der Waals surface area contributed by atoms with Crippen LogP contribution in [0.15, 0.2) is 87.6 Å². The molecule has 0 amide bonds. The maximum atomic E-state index is 13.3. The lowest BCUT2D eigenvalue weighted by atomic mass is 10.1. The Bertz CT molecular complexity index is 1220. The number of benzene rings is 3. The molecule has 3 rings (SSSR count). The third-order valence-corrected chi connectivity index (χ3v) is 7.54. The third kappa shape index (κ3) is 5.78. The number of hydrogen-bond acceptors (Lipinski definition) is 5. The van der Waals surface area contributed by atoms with E-state index in [9.17, 15) is 13.7 Å². The number of aryl methyl sites for hydroxylation is 3. The molecule has 0 unspecified atom stereocenters. The second-order valence-corrected chi connectivity index (χ2v) is 10.2. The van der Waals surface area contributed by atoms with E-state index in [-0.39, 0.29) is 9.80 Å². The maximum absolute atomic E-state index is 13.3. The van der Waals surface area contributed by atoms with Crippen molar-refractivity contribution in [3.63, 3.8) is 0 Å². The van der Waals surface area contributed by atoms with E-state index >= 15 is 0 Å². The molecule has 0 aromatic heterocycles. The summed E-state index contributed by atoms with van der Waals surface area (Å²) in [6.45, 7) is 5.98. The van der Waals surface area contributed by atoms with Crippen molar-refractivity contribution in [2.75, 3.05) is 5.32 Å². The van der Waals surface area contributed by atoms with Crippen LogP contribution in [0.1, 0.15) is 22.3 Å². The molecule has 0 aliphatic carbocycles. The fraction of sp³-hybridized carbons (Fsp3) is 0.160. The molecule has 4 nitrogen and oxygen atoms in total. The first-order valence-corrected chi connectivity index (χ1v) is 12.2. The average Bonchev–Trinajstić information content (AvgIpc) is 2.73. The van der Waals surface area contributed by atoms with Gasteiger partial charge in [0.25, 0.3) is 0 Å². The molecule has 1 N–H and O–H groups in total. The zero-order valence-electron chi connectivity index (χ0n) is 17.7. The fourth-order valence-corrected chi connectivity index (χ4v) is 5.67. The Hall–Kier alpha value is -3.01. The highest BCUT2D eigenvalue weighted by Gasteiger charge is 2.25. The third-order valence-electron chi connectivity index (χ3n) is 4.61. The molecule has 0 saturated carbocycles. The van der Waals surface area contributed by atoms with Gasteiger partial charge >= 0.3 is 0 Å². The minimum Gasteiger partial charge on any atom is -0.349 e. The minimum absolute atomic E-state index is 0.0993. The molecule has 0 atom stereocenters. The lowest BCUT2D eigenvalue weighted by molar-refractivity contribution is 0.603. The number of thioether (sulfide) groups is 1. The van der Waals surface area contributed by atoms with Gasteiger partial charge in [0.1, 0.15) is 11.1 Å². The Kier molecular flexibility index (Phi) is 7.21. The summed E-state index contributed by atoms with van der Waals surface area (Å²) >= 11 is 1.31. The van der Waals surface area contributed by atoms with E-state index in [1.54, 1.807) is 18.2 Å². The van der Waals surface area contributed by atoms with Crippen LogP contribution in [-0.2, 0) is 15.6 Å². The maximum Gasteiger partial charge on any atom is 0.219 e. The van der Waals surface area contributed by atoms with Gasteiger partial charge in [-0.15, -0.1) is 11.8 Å². The van der Waals surface area contributed by atoms with E-state index in [2.05, 4.69) is 5.32 Å². The van der Waals surface area contributed by atoms with E-state index in [4.69, 9.17) is 0 Å². The highest BCUT2D eigenvalue weighted by molar-refractivity contribution is 8.04. The van der Waals surface area contributed by atoms with E-state index < -0.39 is 9.84 Å². The number of nitrogens with zero attached hydrogens (tertiary/aromatic N) is 1. The smallest absolute Gasteiger partial charge is 0.219 e. The van der Waals surface area contributed by atoms with Crippen molar-refractivity contribution in [2.45, 2.75) is 31.4 Å². The molecular weight excluding hydrogens is 424 g/mol. The summed E-state index contributed by atoms with van der Waals surface area (Å²) in [4.78, 5) is -0.183. The summed E-state index contributed by atoms with van der Waals surface area (Å²) < 4.78 is 26.5. The number of anilines is 1. The molecule has 0 aliphatic rings. The number of nitriles is 1. The molecule has 3 aromatic carbocycles. The van der Waals surface area contributed by atoms with Crippen molar-refractivity contribution in [3.8, 4) is 6.07 Å². The van der Waals surface area contributed by atoms with Crippen LogP contribution in [0.4, 0.5) is 5.69 Å². The molecule has 0 fully saturated rings. The van der Waals surface area contributed by atoms with Crippen molar-refractivity contribution >= 4 is 27.3 Å². The fourth-order valence-electron chi connectivity index (χ4n) is 3.13. The van der Waals surface area contributed by atoms with E-state index in [1.807, 2.05) is 69.3 Å². The molecule has 3 aromatic rings. The van der Waals surface area contributed by atoms with Crippen LogP contribution in [0, 0.1) is 32.1 Å². The van der Waals surface area contributed by atoms with E-state index in [0.29, 0.717) is 10.8 Å². The molecular formula is C25H24N2O2S2. The number of allylic oxidation sites excluding steroid dienone is 1. The quantitative estimate of drug-likeness (QED) is 0.441. The van der Waals surface area contributed by atoms with Crippen LogP contribution in [0.3, 0.4) is 0 Å². The molecule has 0 spiro atoms. The normalized spacial score (nSPS) is 12.1. The van der Waals surface area contributed by atoms with Gasteiger partial charge in [-0.25, -0.2) is 8.42 Å². The summed E-state index contributed by atoms with van der Waals surface area (Å²) in [7, 11) is -3.97. The van der Waals surface area contributed by atoms with Crippen molar-refractivity contribution in [1.29, 1.82) is 5.26 Å². The molecule has 158 valence electrons. The van der Waals surface area contributed by atoms with Crippen LogP contribution in [0.5, 0.6) is 0 Å². The minimum atomic E-state index is -3.97. The van der Waals surface area contributed by atoms with Gasteiger partial charge in [0.2, 0.25) is 9.84 Å². The van der Waals surface area contributed by atoms with E-state index in [1.165, 1.54) is 23.9 Å². The summed E-state index contributed by atoms with van der Waals surface area (Å²) in [6, 6.07) is 24.0. The zero-order valence-corrected chi connectivity index (χ0v) is 19.3. The molecule has 0 aliphatic heterocycles. The van der Waals surface area contributed by atoms with Crippen LogP contribution in [0.2, 0.25) is 0 Å². The van der Waals surface area contributed by atoms with Gasteiger partial charge in [-0.1, -0.05) is 54.1 Å². The van der Waals surface area contributed by atoms with Crippen LogP contribution in [0.25, 0.3) is 0 Å².